The second kappa shape index (κ2) is 4.28. The third kappa shape index (κ3) is 2.36. The zero-order valence-electron chi connectivity index (χ0n) is 9.25. The maximum Gasteiger partial charge on any atom is 0.261 e. The van der Waals surface area contributed by atoms with E-state index in [-0.39, 0.29) is 23.6 Å². The largest absolute Gasteiger partial charge is 0.312 e. The summed E-state index contributed by atoms with van der Waals surface area (Å²) in [6.07, 6.45) is 2.66. The van der Waals surface area contributed by atoms with E-state index < -0.39 is 9.84 Å². The van der Waals surface area contributed by atoms with Gasteiger partial charge in [0.1, 0.15) is 5.39 Å². The van der Waals surface area contributed by atoms with E-state index >= 15 is 0 Å². The van der Waals surface area contributed by atoms with Crippen molar-refractivity contribution in [2.45, 2.75) is 13.5 Å². The average Bonchev–Trinajstić information content (AvgIpc) is 2.71. The van der Waals surface area contributed by atoms with Crippen molar-refractivity contribution in [3.63, 3.8) is 0 Å². The molecular formula is C9H12N4O3S. The third-order valence-electron chi connectivity index (χ3n) is 2.49. The number of nitrogens with zero attached hydrogens (tertiary/aromatic N) is 3. The highest BCUT2D eigenvalue weighted by Gasteiger charge is 2.11. The third-order valence-corrected chi connectivity index (χ3v) is 4.18. The number of sulfone groups is 1. The summed E-state index contributed by atoms with van der Waals surface area (Å²) in [6.45, 7) is 1.80. The number of hydrogen-bond acceptors (Lipinski definition) is 5. The van der Waals surface area contributed by atoms with Gasteiger partial charge in [0.05, 0.1) is 24.8 Å². The Morgan fingerprint density at radius 2 is 2.24 bits per heavy atom. The van der Waals surface area contributed by atoms with E-state index in [9.17, 15) is 13.2 Å². The molecule has 0 amide bonds. The molecule has 0 unspecified atom stereocenters. The maximum atomic E-state index is 11.4. The lowest BCUT2D eigenvalue weighted by Crippen LogP contribution is -2.16. The minimum absolute atomic E-state index is 0.00520. The van der Waals surface area contributed by atoms with Gasteiger partial charge in [0.15, 0.2) is 15.5 Å². The van der Waals surface area contributed by atoms with Gasteiger partial charge in [0, 0.05) is 5.75 Å². The van der Waals surface area contributed by atoms with Crippen LogP contribution < -0.4 is 5.56 Å². The van der Waals surface area contributed by atoms with Gasteiger partial charge in [-0.05, 0) is 0 Å². The van der Waals surface area contributed by atoms with Crippen molar-refractivity contribution >= 4 is 20.9 Å². The first kappa shape index (κ1) is 11.8. The predicted molar refractivity (Wildman–Crippen MR) is 62.5 cm³/mol. The van der Waals surface area contributed by atoms with E-state index in [1.54, 1.807) is 6.92 Å². The molecule has 92 valence electrons. The van der Waals surface area contributed by atoms with Crippen molar-refractivity contribution in [2.24, 2.45) is 0 Å². The van der Waals surface area contributed by atoms with Crippen LogP contribution in [-0.4, -0.2) is 39.7 Å². The molecule has 7 nitrogen and oxygen atoms in total. The van der Waals surface area contributed by atoms with Crippen molar-refractivity contribution in [3.8, 4) is 0 Å². The minimum Gasteiger partial charge on any atom is -0.312 e. The van der Waals surface area contributed by atoms with Crippen LogP contribution in [0.2, 0.25) is 0 Å². The van der Waals surface area contributed by atoms with Gasteiger partial charge in [-0.25, -0.2) is 18.1 Å². The molecule has 0 saturated carbocycles. The highest BCUT2D eigenvalue weighted by Crippen LogP contribution is 2.04. The lowest BCUT2D eigenvalue weighted by atomic mass is 10.4. The van der Waals surface area contributed by atoms with E-state index in [0.29, 0.717) is 11.0 Å². The van der Waals surface area contributed by atoms with Gasteiger partial charge in [0.25, 0.3) is 5.56 Å². The lowest BCUT2D eigenvalue weighted by Gasteiger charge is -2.02. The van der Waals surface area contributed by atoms with Gasteiger partial charge in [0.2, 0.25) is 0 Å². The van der Waals surface area contributed by atoms with Gasteiger partial charge < -0.3 is 4.98 Å². The van der Waals surface area contributed by atoms with E-state index in [2.05, 4.69) is 15.1 Å². The molecule has 0 aliphatic heterocycles. The topological polar surface area (TPSA) is 97.7 Å². The Morgan fingerprint density at radius 1 is 1.47 bits per heavy atom. The molecule has 0 aliphatic carbocycles. The Morgan fingerprint density at radius 3 is 2.94 bits per heavy atom. The van der Waals surface area contributed by atoms with Crippen molar-refractivity contribution < 1.29 is 8.42 Å². The smallest absolute Gasteiger partial charge is 0.261 e. The van der Waals surface area contributed by atoms with Crippen LogP contribution in [0.15, 0.2) is 17.3 Å². The molecule has 0 bridgehead atoms. The second-order valence-electron chi connectivity index (χ2n) is 3.57. The summed E-state index contributed by atoms with van der Waals surface area (Å²) in [4.78, 5) is 17.8. The first-order valence-corrected chi connectivity index (χ1v) is 6.95. The second-order valence-corrected chi connectivity index (χ2v) is 6.05. The fourth-order valence-electron chi connectivity index (χ4n) is 1.44. The molecule has 0 aliphatic rings. The van der Waals surface area contributed by atoms with Crippen molar-refractivity contribution in [1.82, 2.24) is 19.7 Å². The van der Waals surface area contributed by atoms with E-state index in [0.717, 1.165) is 0 Å². The maximum absolute atomic E-state index is 11.4. The summed E-state index contributed by atoms with van der Waals surface area (Å²) < 4.78 is 24.2. The number of hydrogen-bond donors (Lipinski definition) is 1. The van der Waals surface area contributed by atoms with Crippen LogP contribution in [0.25, 0.3) is 11.0 Å². The molecule has 0 radical (unpaired) electrons. The summed E-state index contributed by atoms with van der Waals surface area (Å²) in [5.74, 6) is 0.0922. The Labute approximate surface area is 97.4 Å². The molecule has 2 aromatic rings. The fourth-order valence-corrected chi connectivity index (χ4v) is 2.18. The number of fused-ring (bicyclic) bond motifs is 1. The number of aromatic amines is 1. The molecule has 8 heteroatoms. The van der Waals surface area contributed by atoms with Crippen LogP contribution in [0.4, 0.5) is 0 Å². The van der Waals surface area contributed by atoms with E-state index in [1.165, 1.54) is 17.2 Å². The number of aromatic nitrogens is 4. The Bertz CT molecular complexity index is 686. The molecule has 2 aromatic heterocycles. The van der Waals surface area contributed by atoms with Crippen molar-refractivity contribution in [3.05, 3.63) is 22.9 Å². The molecule has 0 aromatic carbocycles. The summed E-state index contributed by atoms with van der Waals surface area (Å²) in [7, 11) is -3.05. The molecule has 2 rings (SSSR count). The molecule has 2 heterocycles. The van der Waals surface area contributed by atoms with Gasteiger partial charge in [-0.1, -0.05) is 6.92 Å². The lowest BCUT2D eigenvalue weighted by molar-refractivity contribution is 0.584. The van der Waals surface area contributed by atoms with Crippen molar-refractivity contribution in [1.29, 1.82) is 0 Å². The predicted octanol–water partition coefficient (Wildman–Crippen LogP) is -0.446. The van der Waals surface area contributed by atoms with E-state index in [1.807, 2.05) is 0 Å². The SMILES string of the molecule is CCS(=O)(=O)CCn1ncc2c(=O)[nH]cnc21. The van der Waals surface area contributed by atoms with Crippen LogP contribution in [0.1, 0.15) is 6.92 Å². The Hall–Kier alpha value is -1.70. The van der Waals surface area contributed by atoms with Gasteiger partial charge >= 0.3 is 0 Å². The van der Waals surface area contributed by atoms with Gasteiger partial charge in [-0.3, -0.25) is 4.79 Å². The summed E-state index contributed by atoms with van der Waals surface area (Å²) in [6, 6.07) is 0. The molecular weight excluding hydrogens is 244 g/mol. The first-order valence-electron chi connectivity index (χ1n) is 5.13. The first-order chi connectivity index (χ1) is 8.03. The zero-order valence-corrected chi connectivity index (χ0v) is 10.1. The normalized spacial score (nSPS) is 12.1. The zero-order chi connectivity index (χ0) is 12.5. The molecule has 0 saturated heterocycles. The van der Waals surface area contributed by atoms with Crippen LogP contribution in [0.5, 0.6) is 0 Å². The van der Waals surface area contributed by atoms with Crippen LogP contribution in [0.3, 0.4) is 0 Å². The standard InChI is InChI=1S/C9H12N4O3S/c1-2-17(15,16)4-3-13-8-7(5-12-13)9(14)11-6-10-8/h5-6H,2-4H2,1H3,(H,10,11,14). The highest BCUT2D eigenvalue weighted by atomic mass is 32.2. The Balaban J connectivity index is 2.32. The van der Waals surface area contributed by atoms with Crippen LogP contribution in [0, 0.1) is 0 Å². The van der Waals surface area contributed by atoms with E-state index in [4.69, 9.17) is 0 Å². The Kier molecular flexibility index (Phi) is 2.97. The van der Waals surface area contributed by atoms with Gasteiger partial charge in [-0.15, -0.1) is 0 Å². The summed E-state index contributed by atoms with van der Waals surface area (Å²) in [5, 5.41) is 4.33. The number of aryl methyl sites for hydroxylation is 1. The van der Waals surface area contributed by atoms with Gasteiger partial charge in [-0.2, -0.15) is 5.10 Å². The summed E-state index contributed by atoms with van der Waals surface area (Å²) >= 11 is 0. The number of rotatable bonds is 4. The number of nitrogens with one attached hydrogen (secondary N) is 1. The average molecular weight is 256 g/mol. The molecule has 17 heavy (non-hydrogen) atoms. The summed E-state index contributed by atoms with van der Waals surface area (Å²) in [5.41, 5.74) is 0.125. The molecule has 1 N–H and O–H groups in total. The molecule has 0 fully saturated rings. The van der Waals surface area contributed by atoms with Crippen molar-refractivity contribution in [2.75, 3.05) is 11.5 Å². The molecule has 0 atom stereocenters. The number of H-pyrrole nitrogens is 1. The molecule has 0 spiro atoms. The quantitative estimate of drug-likeness (QED) is 0.799. The van der Waals surface area contributed by atoms with Crippen LogP contribution >= 0.6 is 0 Å². The highest BCUT2D eigenvalue weighted by molar-refractivity contribution is 7.91. The fraction of sp³-hybridized carbons (Fsp3) is 0.444. The minimum atomic E-state index is -3.05. The van der Waals surface area contributed by atoms with Crippen LogP contribution in [-0.2, 0) is 16.4 Å². The monoisotopic (exact) mass is 256 g/mol.